The zero-order valence-corrected chi connectivity index (χ0v) is 13.6. The van der Waals surface area contributed by atoms with Crippen molar-refractivity contribution >= 4 is 0 Å². The molecule has 0 nitrogen and oxygen atoms in total. The lowest BCUT2D eigenvalue weighted by Crippen LogP contribution is -1.91. The highest BCUT2D eigenvalue weighted by atomic mass is 14.0. The molecule has 0 bridgehead atoms. The van der Waals surface area contributed by atoms with Crippen molar-refractivity contribution in [2.24, 2.45) is 11.8 Å². The Kier molecular flexibility index (Phi) is 13.4. The smallest absolute Gasteiger partial charge is 0.0445 e. The van der Waals surface area contributed by atoms with E-state index in [1.165, 1.54) is 77.0 Å². The molecule has 0 heteroatoms. The summed E-state index contributed by atoms with van der Waals surface area (Å²) in [5.41, 5.74) is 0. The molecule has 0 unspecified atom stereocenters. The molecule has 0 radical (unpaired) electrons. The van der Waals surface area contributed by atoms with E-state index in [0.717, 1.165) is 11.8 Å². The van der Waals surface area contributed by atoms with Crippen molar-refractivity contribution in [3.05, 3.63) is 0 Å². The molecule has 0 saturated carbocycles. The third-order valence-corrected chi connectivity index (χ3v) is 4.18. The minimum absolute atomic E-state index is 0.899. The van der Waals surface area contributed by atoms with E-state index in [2.05, 4.69) is 27.7 Å². The van der Waals surface area contributed by atoms with Crippen molar-refractivity contribution in [2.45, 2.75) is 105 Å². The van der Waals surface area contributed by atoms with Gasteiger partial charge in [-0.2, -0.15) is 0 Å². The summed E-state index contributed by atoms with van der Waals surface area (Å²) in [5, 5.41) is 0. The van der Waals surface area contributed by atoms with Crippen LogP contribution in [0.2, 0.25) is 0 Å². The first-order valence-electron chi connectivity index (χ1n) is 8.66. The summed E-state index contributed by atoms with van der Waals surface area (Å²) in [6.07, 6.45) is 17.5. The van der Waals surface area contributed by atoms with Crippen LogP contribution in [0.5, 0.6) is 0 Å². The molecule has 0 aliphatic heterocycles. The quantitative estimate of drug-likeness (QED) is 0.311. The van der Waals surface area contributed by atoms with Crippen molar-refractivity contribution < 1.29 is 0 Å². The molecule has 0 aliphatic carbocycles. The summed E-state index contributed by atoms with van der Waals surface area (Å²) in [6.45, 7) is 9.36. The lowest BCUT2D eigenvalue weighted by molar-refractivity contribution is 0.467. The van der Waals surface area contributed by atoms with E-state index in [4.69, 9.17) is 0 Å². The lowest BCUT2D eigenvalue weighted by Gasteiger charge is -2.07. The maximum absolute atomic E-state index is 2.39. The summed E-state index contributed by atoms with van der Waals surface area (Å²) in [6, 6.07) is 0. The fourth-order valence-electron chi connectivity index (χ4n) is 2.49. The maximum Gasteiger partial charge on any atom is -0.0445 e. The molecule has 110 valence electrons. The second-order valence-electron chi connectivity index (χ2n) is 6.67. The first-order chi connectivity index (χ1) is 8.66. The first-order valence-corrected chi connectivity index (χ1v) is 8.66. The van der Waals surface area contributed by atoms with Crippen LogP contribution in [0.1, 0.15) is 105 Å². The van der Waals surface area contributed by atoms with E-state index < -0.39 is 0 Å². The van der Waals surface area contributed by atoms with Gasteiger partial charge >= 0.3 is 0 Å². The van der Waals surface area contributed by atoms with Gasteiger partial charge in [-0.05, 0) is 11.8 Å². The SMILES string of the molecule is CC[C@@H](C)CCCCCCCCCCCC(C)C. The van der Waals surface area contributed by atoms with Crippen LogP contribution in [0.25, 0.3) is 0 Å². The Bertz CT molecular complexity index is 148. The molecule has 0 saturated heterocycles. The van der Waals surface area contributed by atoms with E-state index in [1.54, 1.807) is 0 Å². The third-order valence-electron chi connectivity index (χ3n) is 4.18. The van der Waals surface area contributed by atoms with Crippen molar-refractivity contribution in [1.82, 2.24) is 0 Å². The molecule has 0 rings (SSSR count). The summed E-state index contributed by atoms with van der Waals surface area (Å²) >= 11 is 0. The fourth-order valence-corrected chi connectivity index (χ4v) is 2.49. The predicted octanol–water partition coefficient (Wildman–Crippen LogP) is 6.98. The molecule has 0 fully saturated rings. The van der Waals surface area contributed by atoms with Crippen molar-refractivity contribution in [1.29, 1.82) is 0 Å². The van der Waals surface area contributed by atoms with Gasteiger partial charge in [-0.15, -0.1) is 0 Å². The number of unbranched alkanes of at least 4 members (excludes halogenated alkanes) is 8. The molecular formula is C18H38. The molecule has 0 aromatic heterocycles. The molecule has 1 atom stereocenters. The Morgan fingerprint density at radius 2 is 0.944 bits per heavy atom. The number of hydrogen-bond donors (Lipinski definition) is 0. The summed E-state index contributed by atoms with van der Waals surface area (Å²) < 4.78 is 0. The van der Waals surface area contributed by atoms with Crippen LogP contribution < -0.4 is 0 Å². The van der Waals surface area contributed by atoms with Gasteiger partial charge in [0.1, 0.15) is 0 Å². The van der Waals surface area contributed by atoms with Crippen LogP contribution in [-0.4, -0.2) is 0 Å². The second-order valence-corrected chi connectivity index (χ2v) is 6.67. The Morgan fingerprint density at radius 1 is 0.556 bits per heavy atom. The Labute approximate surface area is 117 Å². The van der Waals surface area contributed by atoms with Crippen LogP contribution >= 0.6 is 0 Å². The Balaban J connectivity index is 2.99. The highest BCUT2D eigenvalue weighted by molar-refractivity contribution is 4.52. The van der Waals surface area contributed by atoms with E-state index in [1.807, 2.05) is 0 Å². The molecule has 0 aromatic carbocycles. The van der Waals surface area contributed by atoms with Gasteiger partial charge in [-0.25, -0.2) is 0 Å². The highest BCUT2D eigenvalue weighted by Gasteiger charge is 1.98. The van der Waals surface area contributed by atoms with Crippen LogP contribution in [-0.2, 0) is 0 Å². The monoisotopic (exact) mass is 254 g/mol. The van der Waals surface area contributed by atoms with Crippen molar-refractivity contribution in [3.8, 4) is 0 Å². The van der Waals surface area contributed by atoms with Crippen molar-refractivity contribution in [3.63, 3.8) is 0 Å². The molecule has 0 spiro atoms. The second kappa shape index (κ2) is 13.4. The first kappa shape index (κ1) is 18.0. The van der Waals surface area contributed by atoms with Gasteiger partial charge in [0.2, 0.25) is 0 Å². The van der Waals surface area contributed by atoms with Gasteiger partial charge < -0.3 is 0 Å². The standard InChI is InChI=1S/C18H38/c1-5-18(4)16-14-12-10-8-6-7-9-11-13-15-17(2)3/h17-18H,5-16H2,1-4H3/t18-/m1/s1. The molecule has 0 aliphatic rings. The van der Waals surface area contributed by atoms with E-state index in [0.29, 0.717) is 0 Å². The van der Waals surface area contributed by atoms with E-state index >= 15 is 0 Å². The maximum atomic E-state index is 2.39. The van der Waals surface area contributed by atoms with Gasteiger partial charge in [0.05, 0.1) is 0 Å². The highest BCUT2D eigenvalue weighted by Crippen LogP contribution is 2.15. The van der Waals surface area contributed by atoms with Gasteiger partial charge in [0.15, 0.2) is 0 Å². The molecule has 0 N–H and O–H groups in total. The fraction of sp³-hybridized carbons (Fsp3) is 1.00. The predicted molar refractivity (Wildman–Crippen MR) is 85.1 cm³/mol. The third kappa shape index (κ3) is 14.1. The van der Waals surface area contributed by atoms with Crippen LogP contribution in [0.3, 0.4) is 0 Å². The van der Waals surface area contributed by atoms with Gasteiger partial charge in [0.25, 0.3) is 0 Å². The van der Waals surface area contributed by atoms with Gasteiger partial charge in [-0.3, -0.25) is 0 Å². The molecule has 0 heterocycles. The lowest BCUT2D eigenvalue weighted by atomic mass is 9.99. The van der Waals surface area contributed by atoms with Crippen LogP contribution in [0.4, 0.5) is 0 Å². The normalized spacial score (nSPS) is 13.2. The zero-order valence-electron chi connectivity index (χ0n) is 13.6. The summed E-state index contributed by atoms with van der Waals surface area (Å²) in [5.74, 6) is 1.85. The largest absolute Gasteiger partial charge is 0.0651 e. The van der Waals surface area contributed by atoms with Crippen LogP contribution in [0, 0.1) is 11.8 Å². The molecular weight excluding hydrogens is 216 g/mol. The van der Waals surface area contributed by atoms with Gasteiger partial charge in [0, 0.05) is 0 Å². The number of rotatable bonds is 13. The topological polar surface area (TPSA) is 0 Å². The molecule has 0 amide bonds. The molecule has 18 heavy (non-hydrogen) atoms. The van der Waals surface area contributed by atoms with E-state index in [-0.39, 0.29) is 0 Å². The van der Waals surface area contributed by atoms with Crippen LogP contribution in [0.15, 0.2) is 0 Å². The Morgan fingerprint density at radius 3 is 1.33 bits per heavy atom. The average Bonchev–Trinajstić information content (AvgIpc) is 2.35. The van der Waals surface area contributed by atoms with Crippen molar-refractivity contribution in [2.75, 3.05) is 0 Å². The Hall–Kier alpha value is 0. The van der Waals surface area contributed by atoms with Gasteiger partial charge in [-0.1, -0.05) is 105 Å². The zero-order chi connectivity index (χ0) is 13.6. The molecule has 0 aromatic rings. The summed E-state index contributed by atoms with van der Waals surface area (Å²) in [4.78, 5) is 0. The number of hydrogen-bond acceptors (Lipinski definition) is 0. The minimum atomic E-state index is 0.899. The summed E-state index contributed by atoms with van der Waals surface area (Å²) in [7, 11) is 0. The average molecular weight is 255 g/mol. The van der Waals surface area contributed by atoms with E-state index in [9.17, 15) is 0 Å². The minimum Gasteiger partial charge on any atom is -0.0651 e.